The van der Waals surface area contributed by atoms with Crippen LogP contribution in [0.15, 0.2) is 28.4 Å². The molecular formula is C11H15ClN4O. The van der Waals surface area contributed by atoms with Crippen LogP contribution in [-0.2, 0) is 0 Å². The molecule has 0 bridgehead atoms. The van der Waals surface area contributed by atoms with Crippen molar-refractivity contribution in [1.82, 2.24) is 0 Å². The Bertz CT molecular complexity index is 439. The van der Waals surface area contributed by atoms with Crippen molar-refractivity contribution in [3.05, 3.63) is 28.8 Å². The number of hydrogen-bond acceptors (Lipinski definition) is 3. The predicted octanol–water partition coefficient (Wildman–Crippen LogP) is 1.73. The minimum absolute atomic E-state index is 0.0775. The van der Waals surface area contributed by atoms with Crippen LogP contribution in [0.5, 0.6) is 5.75 Å². The van der Waals surface area contributed by atoms with Crippen molar-refractivity contribution in [1.29, 1.82) is 0 Å². The molecule has 4 N–H and O–H groups in total. The molecule has 0 unspecified atom stereocenters. The first-order valence-electron chi connectivity index (χ1n) is 5.07. The first-order valence-corrected chi connectivity index (χ1v) is 5.45. The minimum Gasteiger partial charge on any atom is -0.489 e. The van der Waals surface area contributed by atoms with Crippen LogP contribution in [0.4, 0.5) is 0 Å². The standard InChI is InChI=1S/C11H15ClN4O/c1-7(2)17-10-4-3-8(5-9(10)12)6-15-16-11(13)14/h3-7H,1-2H3,(H4,13,14,16)/b15-6-. The molecular weight excluding hydrogens is 240 g/mol. The first kappa shape index (κ1) is 13.3. The molecule has 6 heteroatoms. The molecule has 0 heterocycles. The van der Waals surface area contributed by atoms with Crippen molar-refractivity contribution in [2.75, 3.05) is 0 Å². The Morgan fingerprint density at radius 1 is 1.41 bits per heavy atom. The summed E-state index contributed by atoms with van der Waals surface area (Å²) in [6, 6.07) is 5.32. The van der Waals surface area contributed by atoms with Gasteiger partial charge in [0.25, 0.3) is 0 Å². The van der Waals surface area contributed by atoms with Gasteiger partial charge in [0.1, 0.15) is 5.75 Å². The molecule has 0 aliphatic heterocycles. The molecule has 0 fully saturated rings. The van der Waals surface area contributed by atoms with E-state index in [1.165, 1.54) is 6.21 Å². The molecule has 0 aliphatic rings. The van der Waals surface area contributed by atoms with E-state index in [9.17, 15) is 0 Å². The van der Waals surface area contributed by atoms with E-state index in [2.05, 4.69) is 10.2 Å². The van der Waals surface area contributed by atoms with Crippen LogP contribution < -0.4 is 16.2 Å². The van der Waals surface area contributed by atoms with Gasteiger partial charge in [0.2, 0.25) is 5.96 Å². The fourth-order valence-corrected chi connectivity index (χ4v) is 1.34. The van der Waals surface area contributed by atoms with E-state index in [-0.39, 0.29) is 12.1 Å². The molecule has 92 valence electrons. The summed E-state index contributed by atoms with van der Waals surface area (Å²) in [7, 11) is 0. The molecule has 17 heavy (non-hydrogen) atoms. The van der Waals surface area contributed by atoms with Gasteiger partial charge in [0, 0.05) is 0 Å². The van der Waals surface area contributed by atoms with Crippen LogP contribution in [0.2, 0.25) is 5.02 Å². The van der Waals surface area contributed by atoms with E-state index in [0.29, 0.717) is 10.8 Å². The van der Waals surface area contributed by atoms with Gasteiger partial charge >= 0.3 is 0 Å². The summed E-state index contributed by atoms with van der Waals surface area (Å²) in [4.78, 5) is 0. The molecule has 1 aromatic rings. The molecule has 0 aliphatic carbocycles. The molecule has 0 spiro atoms. The summed E-state index contributed by atoms with van der Waals surface area (Å²) in [5.41, 5.74) is 11.1. The van der Waals surface area contributed by atoms with E-state index in [1.807, 2.05) is 19.9 Å². The van der Waals surface area contributed by atoms with Crippen LogP contribution in [0.1, 0.15) is 19.4 Å². The highest BCUT2D eigenvalue weighted by atomic mass is 35.5. The van der Waals surface area contributed by atoms with E-state index in [0.717, 1.165) is 5.56 Å². The molecule has 5 nitrogen and oxygen atoms in total. The van der Waals surface area contributed by atoms with Gasteiger partial charge in [-0.3, -0.25) is 0 Å². The highest BCUT2D eigenvalue weighted by Gasteiger charge is 2.03. The quantitative estimate of drug-likeness (QED) is 0.487. The second kappa shape index (κ2) is 6.10. The summed E-state index contributed by atoms with van der Waals surface area (Å²) in [5.74, 6) is 0.549. The van der Waals surface area contributed by atoms with Crippen LogP contribution in [0.3, 0.4) is 0 Å². The second-order valence-corrected chi connectivity index (χ2v) is 4.03. The van der Waals surface area contributed by atoms with Crippen LogP contribution in [0.25, 0.3) is 0 Å². The Hall–Kier alpha value is -1.75. The Balaban J connectivity index is 2.82. The zero-order valence-corrected chi connectivity index (χ0v) is 10.5. The summed E-state index contributed by atoms with van der Waals surface area (Å²) in [6.45, 7) is 3.87. The van der Waals surface area contributed by atoms with Gasteiger partial charge in [-0.15, -0.1) is 5.10 Å². The van der Waals surface area contributed by atoms with Crippen molar-refractivity contribution < 1.29 is 4.74 Å². The highest BCUT2D eigenvalue weighted by Crippen LogP contribution is 2.25. The monoisotopic (exact) mass is 254 g/mol. The second-order valence-electron chi connectivity index (χ2n) is 3.63. The van der Waals surface area contributed by atoms with E-state index in [4.69, 9.17) is 27.8 Å². The zero-order chi connectivity index (χ0) is 12.8. The van der Waals surface area contributed by atoms with E-state index in [1.54, 1.807) is 12.1 Å². The van der Waals surface area contributed by atoms with Crippen molar-refractivity contribution in [2.45, 2.75) is 20.0 Å². The van der Waals surface area contributed by atoms with Crippen LogP contribution in [0, 0.1) is 0 Å². The molecule has 1 rings (SSSR count). The molecule has 0 saturated carbocycles. The lowest BCUT2D eigenvalue weighted by Crippen LogP contribution is -2.21. The van der Waals surface area contributed by atoms with Gasteiger partial charge in [-0.25, -0.2) is 0 Å². The molecule has 1 aromatic carbocycles. The third-order valence-electron chi connectivity index (χ3n) is 1.70. The van der Waals surface area contributed by atoms with Gasteiger partial charge in [-0.1, -0.05) is 11.6 Å². The summed E-state index contributed by atoms with van der Waals surface area (Å²) in [5, 5.41) is 7.69. The molecule has 0 saturated heterocycles. The van der Waals surface area contributed by atoms with Gasteiger partial charge < -0.3 is 16.2 Å². The number of nitrogens with zero attached hydrogens (tertiary/aromatic N) is 2. The predicted molar refractivity (Wildman–Crippen MR) is 70.6 cm³/mol. The fourth-order valence-electron chi connectivity index (χ4n) is 1.11. The van der Waals surface area contributed by atoms with Crippen molar-refractivity contribution in [2.24, 2.45) is 21.7 Å². The maximum atomic E-state index is 6.04. The number of ether oxygens (including phenoxy) is 1. The fraction of sp³-hybridized carbons (Fsp3) is 0.273. The Kier molecular flexibility index (Phi) is 4.78. The van der Waals surface area contributed by atoms with Crippen LogP contribution in [-0.4, -0.2) is 18.3 Å². The van der Waals surface area contributed by atoms with Crippen molar-refractivity contribution >= 4 is 23.8 Å². The van der Waals surface area contributed by atoms with E-state index >= 15 is 0 Å². The largest absolute Gasteiger partial charge is 0.489 e. The Morgan fingerprint density at radius 3 is 2.65 bits per heavy atom. The number of rotatable bonds is 4. The summed E-state index contributed by atoms with van der Waals surface area (Å²) in [6.07, 6.45) is 1.58. The average Bonchev–Trinajstić information content (AvgIpc) is 2.21. The molecule has 0 atom stereocenters. The molecule has 0 radical (unpaired) electrons. The number of guanidine groups is 1. The molecule has 0 aromatic heterocycles. The van der Waals surface area contributed by atoms with Gasteiger partial charge in [-0.2, -0.15) is 5.10 Å². The maximum absolute atomic E-state index is 6.04. The number of nitrogens with two attached hydrogens (primary N) is 2. The number of halogens is 1. The smallest absolute Gasteiger partial charge is 0.211 e. The average molecular weight is 255 g/mol. The normalized spacial score (nSPS) is 10.8. The third-order valence-corrected chi connectivity index (χ3v) is 1.99. The lowest BCUT2D eigenvalue weighted by Gasteiger charge is -2.11. The maximum Gasteiger partial charge on any atom is 0.211 e. The summed E-state index contributed by atoms with van der Waals surface area (Å²) >= 11 is 6.04. The van der Waals surface area contributed by atoms with Gasteiger partial charge in [0.15, 0.2) is 0 Å². The SMILES string of the molecule is CC(C)Oc1ccc(/C=N\N=C(N)N)cc1Cl. The lowest BCUT2D eigenvalue weighted by atomic mass is 10.2. The Morgan fingerprint density at radius 2 is 2.12 bits per heavy atom. The topological polar surface area (TPSA) is 86.0 Å². The van der Waals surface area contributed by atoms with E-state index < -0.39 is 0 Å². The van der Waals surface area contributed by atoms with Gasteiger partial charge in [-0.05, 0) is 37.6 Å². The molecule has 0 amide bonds. The Labute approximate surface area is 105 Å². The van der Waals surface area contributed by atoms with Gasteiger partial charge in [0.05, 0.1) is 17.3 Å². The first-order chi connectivity index (χ1) is 7.99. The lowest BCUT2D eigenvalue weighted by molar-refractivity contribution is 0.242. The van der Waals surface area contributed by atoms with Crippen LogP contribution >= 0.6 is 11.6 Å². The van der Waals surface area contributed by atoms with Crippen molar-refractivity contribution in [3.63, 3.8) is 0 Å². The highest BCUT2D eigenvalue weighted by molar-refractivity contribution is 6.32. The minimum atomic E-state index is -0.0906. The third kappa shape index (κ3) is 4.74. The number of hydrogen-bond donors (Lipinski definition) is 2. The zero-order valence-electron chi connectivity index (χ0n) is 9.72. The summed E-state index contributed by atoms with van der Waals surface area (Å²) < 4.78 is 5.50. The van der Waals surface area contributed by atoms with Crippen molar-refractivity contribution in [3.8, 4) is 5.75 Å². The number of benzene rings is 1.